The Labute approximate surface area is 108 Å². The second kappa shape index (κ2) is 6.80. The normalized spacial score (nSPS) is 10.2. The Kier molecular flexibility index (Phi) is 5.68. The molecule has 0 radical (unpaired) electrons. The van der Waals surface area contributed by atoms with Crippen LogP contribution in [0.2, 0.25) is 0 Å². The van der Waals surface area contributed by atoms with E-state index < -0.39 is 11.7 Å². The van der Waals surface area contributed by atoms with E-state index in [1.807, 2.05) is 29.5 Å². The summed E-state index contributed by atoms with van der Waals surface area (Å²) in [5.74, 6) is -0.900. The van der Waals surface area contributed by atoms with Gasteiger partial charge in [0.25, 0.3) is 5.91 Å². The molecule has 0 fully saturated rings. The summed E-state index contributed by atoms with van der Waals surface area (Å²) in [5, 5.41) is 2.61. The zero-order chi connectivity index (χ0) is 12.0. The fourth-order valence-corrected chi connectivity index (χ4v) is 1.89. The lowest BCUT2D eigenvalue weighted by molar-refractivity contribution is 0.0917. The maximum Gasteiger partial charge on any atom is 0.255 e. The largest absolute Gasteiger partial charge is 0.380 e. The summed E-state index contributed by atoms with van der Waals surface area (Å²) in [4.78, 5) is 11.6. The molecule has 0 spiro atoms. The third-order valence-corrected chi connectivity index (χ3v) is 2.82. The number of nitrogens with one attached hydrogen (secondary N) is 1. The van der Waals surface area contributed by atoms with E-state index in [-0.39, 0.29) is 5.56 Å². The van der Waals surface area contributed by atoms with Crippen molar-refractivity contribution in [1.82, 2.24) is 5.32 Å². The first-order valence-electron chi connectivity index (χ1n) is 4.96. The first-order chi connectivity index (χ1) is 7.66. The molecule has 0 unspecified atom stereocenters. The summed E-state index contributed by atoms with van der Waals surface area (Å²) in [5.41, 5.74) is 0.0969. The molecule has 0 aliphatic carbocycles. The molecule has 1 aromatic rings. The monoisotopic (exact) mass is 337 g/mol. The number of hydrogen-bond donors (Lipinski definition) is 1. The van der Waals surface area contributed by atoms with E-state index in [9.17, 15) is 9.18 Å². The molecule has 16 heavy (non-hydrogen) atoms. The van der Waals surface area contributed by atoms with Crippen LogP contribution in [0.1, 0.15) is 17.3 Å². The predicted octanol–water partition coefficient (Wildman–Crippen LogP) is 2.20. The average molecular weight is 337 g/mol. The minimum atomic E-state index is -0.499. The Balaban J connectivity index is 2.59. The Morgan fingerprint density at radius 1 is 1.56 bits per heavy atom. The van der Waals surface area contributed by atoms with Gasteiger partial charge in [0, 0.05) is 16.7 Å². The van der Waals surface area contributed by atoms with Crippen LogP contribution >= 0.6 is 22.6 Å². The van der Waals surface area contributed by atoms with Gasteiger partial charge in [0.2, 0.25) is 0 Å². The van der Waals surface area contributed by atoms with Gasteiger partial charge in [-0.05, 0) is 41.6 Å². The first kappa shape index (κ1) is 13.4. The van der Waals surface area contributed by atoms with Crippen LogP contribution in [0.5, 0.6) is 0 Å². The Morgan fingerprint density at radius 2 is 2.31 bits per heavy atom. The van der Waals surface area contributed by atoms with Crippen LogP contribution in [0.15, 0.2) is 18.2 Å². The minimum Gasteiger partial charge on any atom is -0.380 e. The second-order valence-corrected chi connectivity index (χ2v) is 4.21. The number of halogens is 2. The third-order valence-electron chi connectivity index (χ3n) is 1.93. The SMILES string of the molecule is CCOCCNC(=O)c1c(F)cccc1I. The molecular formula is C11H13FINO2. The Morgan fingerprint density at radius 3 is 2.94 bits per heavy atom. The second-order valence-electron chi connectivity index (χ2n) is 3.05. The van der Waals surface area contributed by atoms with Crippen molar-refractivity contribution >= 4 is 28.5 Å². The van der Waals surface area contributed by atoms with Gasteiger partial charge in [-0.3, -0.25) is 4.79 Å². The van der Waals surface area contributed by atoms with Crippen LogP contribution in [0, 0.1) is 9.39 Å². The molecular weight excluding hydrogens is 324 g/mol. The van der Waals surface area contributed by atoms with E-state index in [1.54, 1.807) is 12.1 Å². The fourth-order valence-electron chi connectivity index (χ4n) is 1.18. The Hall–Kier alpha value is -0.690. The van der Waals surface area contributed by atoms with Crippen molar-refractivity contribution in [3.8, 4) is 0 Å². The molecule has 1 amide bonds. The lowest BCUT2D eigenvalue weighted by Crippen LogP contribution is -2.28. The molecule has 1 rings (SSSR count). The van der Waals surface area contributed by atoms with Crippen molar-refractivity contribution in [3.05, 3.63) is 33.1 Å². The van der Waals surface area contributed by atoms with Crippen LogP contribution in [0.25, 0.3) is 0 Å². The summed E-state index contributed by atoms with van der Waals surface area (Å²) >= 11 is 1.94. The summed E-state index contributed by atoms with van der Waals surface area (Å²) in [6, 6.07) is 4.55. The van der Waals surface area contributed by atoms with E-state index in [0.717, 1.165) is 0 Å². The fraction of sp³-hybridized carbons (Fsp3) is 0.364. The minimum absolute atomic E-state index is 0.0969. The number of hydrogen-bond acceptors (Lipinski definition) is 2. The van der Waals surface area contributed by atoms with Gasteiger partial charge in [0.1, 0.15) is 5.82 Å². The standard InChI is InChI=1S/C11H13FINO2/c1-2-16-7-6-14-11(15)10-8(12)4-3-5-9(10)13/h3-5H,2,6-7H2,1H3,(H,14,15). The Bertz CT molecular complexity index is 351. The molecule has 1 N–H and O–H groups in total. The molecule has 88 valence electrons. The first-order valence-corrected chi connectivity index (χ1v) is 6.04. The van der Waals surface area contributed by atoms with Gasteiger partial charge >= 0.3 is 0 Å². The molecule has 5 heteroatoms. The van der Waals surface area contributed by atoms with Gasteiger partial charge in [-0.2, -0.15) is 0 Å². The summed E-state index contributed by atoms with van der Waals surface area (Å²) in [6.07, 6.45) is 0. The zero-order valence-corrected chi connectivity index (χ0v) is 11.1. The van der Waals surface area contributed by atoms with Gasteiger partial charge < -0.3 is 10.1 Å². The number of rotatable bonds is 5. The lowest BCUT2D eigenvalue weighted by Gasteiger charge is -2.07. The number of carbonyl (C=O) groups excluding carboxylic acids is 1. The molecule has 0 atom stereocenters. The number of benzene rings is 1. The van der Waals surface area contributed by atoms with Crippen molar-refractivity contribution < 1.29 is 13.9 Å². The van der Waals surface area contributed by atoms with Crippen LogP contribution < -0.4 is 5.32 Å². The van der Waals surface area contributed by atoms with E-state index in [0.29, 0.717) is 23.3 Å². The van der Waals surface area contributed by atoms with Crippen LogP contribution in [-0.2, 0) is 4.74 Å². The topological polar surface area (TPSA) is 38.3 Å². The average Bonchev–Trinajstić information content (AvgIpc) is 2.24. The molecule has 0 aliphatic rings. The smallest absolute Gasteiger partial charge is 0.255 e. The molecule has 0 saturated heterocycles. The van der Waals surface area contributed by atoms with Crippen LogP contribution in [0.3, 0.4) is 0 Å². The third kappa shape index (κ3) is 3.71. The van der Waals surface area contributed by atoms with Crippen LogP contribution in [0.4, 0.5) is 4.39 Å². The summed E-state index contributed by atoms with van der Waals surface area (Å²) in [6.45, 7) is 3.30. The van der Waals surface area contributed by atoms with E-state index in [2.05, 4.69) is 5.32 Å². The van der Waals surface area contributed by atoms with E-state index in [1.165, 1.54) is 6.07 Å². The van der Waals surface area contributed by atoms with Gasteiger partial charge in [0.05, 0.1) is 12.2 Å². The molecule has 0 aliphatic heterocycles. The van der Waals surface area contributed by atoms with E-state index in [4.69, 9.17) is 4.74 Å². The highest BCUT2D eigenvalue weighted by atomic mass is 127. The number of ether oxygens (including phenoxy) is 1. The molecule has 0 bridgehead atoms. The highest BCUT2D eigenvalue weighted by Gasteiger charge is 2.14. The van der Waals surface area contributed by atoms with E-state index >= 15 is 0 Å². The lowest BCUT2D eigenvalue weighted by atomic mass is 10.2. The molecule has 3 nitrogen and oxygen atoms in total. The van der Waals surface area contributed by atoms with Crippen molar-refractivity contribution in [2.24, 2.45) is 0 Å². The van der Waals surface area contributed by atoms with Crippen molar-refractivity contribution in [3.63, 3.8) is 0 Å². The maximum atomic E-state index is 13.4. The molecule has 0 heterocycles. The van der Waals surface area contributed by atoms with Crippen molar-refractivity contribution in [2.75, 3.05) is 19.8 Å². The molecule has 0 aromatic heterocycles. The van der Waals surface area contributed by atoms with Gasteiger partial charge in [-0.15, -0.1) is 0 Å². The molecule has 1 aromatic carbocycles. The van der Waals surface area contributed by atoms with Gasteiger partial charge in [-0.1, -0.05) is 6.07 Å². The summed E-state index contributed by atoms with van der Waals surface area (Å²) < 4.78 is 19.1. The maximum absolute atomic E-state index is 13.4. The summed E-state index contributed by atoms with van der Waals surface area (Å²) in [7, 11) is 0. The van der Waals surface area contributed by atoms with Crippen molar-refractivity contribution in [2.45, 2.75) is 6.92 Å². The highest BCUT2D eigenvalue weighted by molar-refractivity contribution is 14.1. The highest BCUT2D eigenvalue weighted by Crippen LogP contribution is 2.15. The quantitative estimate of drug-likeness (QED) is 0.661. The molecule has 0 saturated carbocycles. The predicted molar refractivity (Wildman–Crippen MR) is 67.9 cm³/mol. The number of carbonyl (C=O) groups is 1. The van der Waals surface area contributed by atoms with Crippen molar-refractivity contribution in [1.29, 1.82) is 0 Å². The van der Waals surface area contributed by atoms with Crippen LogP contribution in [-0.4, -0.2) is 25.7 Å². The zero-order valence-electron chi connectivity index (χ0n) is 8.93. The number of amides is 1. The van der Waals surface area contributed by atoms with Gasteiger partial charge in [-0.25, -0.2) is 4.39 Å². The van der Waals surface area contributed by atoms with Gasteiger partial charge in [0.15, 0.2) is 0 Å².